The fraction of sp³-hybridized carbons (Fsp3) is 0.333. The molecule has 0 saturated heterocycles. The molecule has 1 amide bonds. The lowest BCUT2D eigenvalue weighted by Crippen LogP contribution is -2.39. The molecule has 3 rings (SSSR count). The number of benzene rings is 1. The van der Waals surface area contributed by atoms with Crippen molar-refractivity contribution in [2.24, 2.45) is 0 Å². The number of methoxy groups -OCH3 is 1. The zero-order valence-corrected chi connectivity index (χ0v) is 13.5. The maximum Gasteiger partial charge on any atom is 0.256 e. The van der Waals surface area contributed by atoms with E-state index in [1.54, 1.807) is 12.1 Å². The minimum Gasteiger partial charge on any atom is -0.494 e. The van der Waals surface area contributed by atoms with E-state index in [0.717, 1.165) is 25.0 Å². The summed E-state index contributed by atoms with van der Waals surface area (Å²) >= 11 is 12.2. The maximum absolute atomic E-state index is 12.6. The Morgan fingerprint density at radius 3 is 2.95 bits per heavy atom. The maximum atomic E-state index is 12.6. The smallest absolute Gasteiger partial charge is 0.256 e. The van der Waals surface area contributed by atoms with Crippen LogP contribution in [0.5, 0.6) is 5.75 Å². The Balaban J connectivity index is 1.80. The monoisotopic (exact) mass is 339 g/mol. The molecule has 1 aromatic carbocycles. The molecule has 1 aromatic heterocycles. The van der Waals surface area contributed by atoms with E-state index in [0.29, 0.717) is 15.8 Å². The van der Waals surface area contributed by atoms with E-state index in [1.807, 2.05) is 6.20 Å². The second-order valence-electron chi connectivity index (χ2n) is 5.22. The second-order valence-corrected chi connectivity index (χ2v) is 6.04. The summed E-state index contributed by atoms with van der Waals surface area (Å²) in [6, 6.07) is 3.23. The molecule has 1 aliphatic carbocycles. The number of fused-ring (bicyclic) bond motifs is 1. The molecule has 2 aromatic rings. The molecule has 0 aliphatic heterocycles. The van der Waals surface area contributed by atoms with E-state index >= 15 is 0 Å². The summed E-state index contributed by atoms with van der Waals surface area (Å²) in [5, 5.41) is 10.7. The summed E-state index contributed by atoms with van der Waals surface area (Å²) in [7, 11) is 1.46. The van der Waals surface area contributed by atoms with Gasteiger partial charge in [0.1, 0.15) is 5.56 Å². The topological polar surface area (TPSA) is 67.0 Å². The number of ether oxygens (including phenoxy) is 1. The zero-order chi connectivity index (χ0) is 15.7. The lowest BCUT2D eigenvalue weighted by Gasteiger charge is -2.23. The molecule has 0 fully saturated rings. The number of rotatable bonds is 3. The van der Waals surface area contributed by atoms with Crippen molar-refractivity contribution in [1.29, 1.82) is 0 Å². The number of aromatic amines is 1. The van der Waals surface area contributed by atoms with Crippen LogP contribution in [0.1, 0.15) is 28.0 Å². The number of aryl methyl sites for hydroxylation is 1. The van der Waals surface area contributed by atoms with E-state index < -0.39 is 0 Å². The summed E-state index contributed by atoms with van der Waals surface area (Å²) in [4.78, 5) is 12.6. The standard InChI is InChI=1S/C15H15Cl2N3O2/c1-22-14-11(17)5-4-10(16)13(14)15(21)19-9-3-2-8-7-18-20-12(8)6-9/h4-5,7,9H,2-3,6H2,1H3,(H,18,20)(H,19,21). The number of nitrogens with zero attached hydrogens (tertiary/aromatic N) is 1. The van der Waals surface area contributed by atoms with Crippen LogP contribution in [0.4, 0.5) is 0 Å². The molecular weight excluding hydrogens is 325 g/mol. The van der Waals surface area contributed by atoms with Crippen molar-refractivity contribution >= 4 is 29.1 Å². The van der Waals surface area contributed by atoms with Crippen LogP contribution in [0.15, 0.2) is 18.3 Å². The van der Waals surface area contributed by atoms with E-state index in [1.165, 1.54) is 12.7 Å². The predicted molar refractivity (Wildman–Crippen MR) is 84.9 cm³/mol. The minimum atomic E-state index is -0.280. The third-order valence-corrected chi connectivity index (χ3v) is 4.46. The van der Waals surface area contributed by atoms with Crippen LogP contribution in [-0.4, -0.2) is 29.3 Å². The Morgan fingerprint density at radius 1 is 1.41 bits per heavy atom. The van der Waals surface area contributed by atoms with Crippen LogP contribution in [0.3, 0.4) is 0 Å². The molecule has 0 radical (unpaired) electrons. The molecule has 0 spiro atoms. The molecule has 1 heterocycles. The van der Waals surface area contributed by atoms with E-state index in [-0.39, 0.29) is 17.5 Å². The number of aromatic nitrogens is 2. The third kappa shape index (κ3) is 2.78. The average Bonchev–Trinajstić information content (AvgIpc) is 2.96. The number of H-pyrrole nitrogens is 1. The molecule has 116 valence electrons. The molecule has 2 N–H and O–H groups in total. The fourth-order valence-electron chi connectivity index (χ4n) is 2.73. The fourth-order valence-corrected chi connectivity index (χ4v) is 3.20. The van der Waals surface area contributed by atoms with Gasteiger partial charge in [-0.2, -0.15) is 5.10 Å². The molecule has 1 aliphatic rings. The van der Waals surface area contributed by atoms with Gasteiger partial charge < -0.3 is 10.1 Å². The summed E-state index contributed by atoms with van der Waals surface area (Å²) in [5.74, 6) is 0.0158. The molecule has 1 unspecified atom stereocenters. The highest BCUT2D eigenvalue weighted by molar-refractivity contribution is 6.37. The molecule has 5 nitrogen and oxygen atoms in total. The van der Waals surface area contributed by atoms with Gasteiger partial charge in [-0.1, -0.05) is 23.2 Å². The first-order valence-corrected chi connectivity index (χ1v) is 7.69. The van der Waals surface area contributed by atoms with Crippen molar-refractivity contribution < 1.29 is 9.53 Å². The van der Waals surface area contributed by atoms with Gasteiger partial charge in [0.2, 0.25) is 0 Å². The van der Waals surface area contributed by atoms with Gasteiger partial charge in [0.15, 0.2) is 5.75 Å². The van der Waals surface area contributed by atoms with Crippen molar-refractivity contribution in [3.05, 3.63) is 45.2 Å². The van der Waals surface area contributed by atoms with Gasteiger partial charge in [-0.15, -0.1) is 0 Å². The number of carbonyl (C=O) groups excluding carboxylic acids is 1. The van der Waals surface area contributed by atoms with E-state index in [9.17, 15) is 4.79 Å². The van der Waals surface area contributed by atoms with E-state index in [2.05, 4.69) is 15.5 Å². The van der Waals surface area contributed by atoms with Crippen LogP contribution in [-0.2, 0) is 12.8 Å². The van der Waals surface area contributed by atoms with Gasteiger partial charge in [0.05, 0.1) is 23.4 Å². The number of nitrogens with one attached hydrogen (secondary N) is 2. The summed E-state index contributed by atoms with van der Waals surface area (Å²) in [6.45, 7) is 0. The largest absolute Gasteiger partial charge is 0.494 e. The average molecular weight is 340 g/mol. The number of halogens is 2. The molecule has 7 heteroatoms. The quantitative estimate of drug-likeness (QED) is 0.903. The first kappa shape index (κ1) is 15.2. The molecule has 22 heavy (non-hydrogen) atoms. The van der Waals surface area contributed by atoms with Crippen molar-refractivity contribution in [3.63, 3.8) is 0 Å². The number of hydrogen-bond acceptors (Lipinski definition) is 3. The molecule has 0 saturated carbocycles. The van der Waals surface area contributed by atoms with Crippen molar-refractivity contribution in [3.8, 4) is 5.75 Å². The van der Waals surface area contributed by atoms with Crippen LogP contribution >= 0.6 is 23.2 Å². The summed E-state index contributed by atoms with van der Waals surface area (Å²) in [6.07, 6.45) is 4.31. The summed E-state index contributed by atoms with van der Waals surface area (Å²) in [5.41, 5.74) is 2.55. The first-order chi connectivity index (χ1) is 10.6. The van der Waals surface area contributed by atoms with E-state index in [4.69, 9.17) is 27.9 Å². The Hall–Kier alpha value is -1.72. The van der Waals surface area contributed by atoms with Crippen LogP contribution in [0.25, 0.3) is 0 Å². The highest BCUT2D eigenvalue weighted by Crippen LogP contribution is 2.34. The Kier molecular flexibility index (Phi) is 4.27. The van der Waals surface area contributed by atoms with Gasteiger partial charge in [0.25, 0.3) is 5.91 Å². The van der Waals surface area contributed by atoms with Gasteiger partial charge in [-0.25, -0.2) is 0 Å². The number of hydrogen-bond donors (Lipinski definition) is 2. The van der Waals surface area contributed by atoms with Crippen LogP contribution in [0, 0.1) is 0 Å². The van der Waals surface area contributed by atoms with Gasteiger partial charge in [0, 0.05) is 18.2 Å². The first-order valence-electron chi connectivity index (χ1n) is 6.94. The zero-order valence-electron chi connectivity index (χ0n) is 12.0. The summed E-state index contributed by atoms with van der Waals surface area (Å²) < 4.78 is 5.22. The SMILES string of the molecule is COc1c(Cl)ccc(Cl)c1C(=O)NC1CCc2cn[nH]c2C1. The highest BCUT2D eigenvalue weighted by Gasteiger charge is 2.25. The highest BCUT2D eigenvalue weighted by atomic mass is 35.5. The van der Waals surface area contributed by atoms with Crippen LogP contribution in [0.2, 0.25) is 10.0 Å². The van der Waals surface area contributed by atoms with Crippen molar-refractivity contribution in [2.45, 2.75) is 25.3 Å². The van der Waals surface area contributed by atoms with Crippen LogP contribution < -0.4 is 10.1 Å². The predicted octanol–water partition coefficient (Wildman–Crippen LogP) is 3.01. The van der Waals surface area contributed by atoms with Crippen molar-refractivity contribution in [2.75, 3.05) is 7.11 Å². The molecular formula is C15H15Cl2N3O2. The Labute approximate surface area is 138 Å². The Morgan fingerprint density at radius 2 is 2.18 bits per heavy atom. The number of carbonyl (C=O) groups is 1. The molecule has 1 atom stereocenters. The lowest BCUT2D eigenvalue weighted by atomic mass is 9.93. The second kappa shape index (κ2) is 6.18. The normalized spacial score (nSPS) is 17.0. The van der Waals surface area contributed by atoms with Gasteiger partial charge in [-0.3, -0.25) is 9.89 Å². The Bertz CT molecular complexity index is 715. The van der Waals surface area contributed by atoms with Gasteiger partial charge in [-0.05, 0) is 30.5 Å². The molecule has 0 bridgehead atoms. The van der Waals surface area contributed by atoms with Crippen molar-refractivity contribution in [1.82, 2.24) is 15.5 Å². The minimum absolute atomic E-state index is 0.0280. The van der Waals surface area contributed by atoms with Gasteiger partial charge >= 0.3 is 0 Å². The lowest BCUT2D eigenvalue weighted by molar-refractivity contribution is 0.0930. The number of amides is 1. The third-order valence-electron chi connectivity index (χ3n) is 3.85.